The zero-order valence-electron chi connectivity index (χ0n) is 11.0. The topological polar surface area (TPSA) is 72.3 Å². The molecule has 0 saturated heterocycles. The van der Waals surface area contributed by atoms with E-state index in [1.54, 1.807) is 0 Å². The number of carbonyl (C=O) groups is 1. The van der Waals surface area contributed by atoms with E-state index in [0.717, 1.165) is 16.7 Å². The molecule has 1 aromatic carbocycles. The second kappa shape index (κ2) is 5.06. The molecule has 0 amide bonds. The van der Waals surface area contributed by atoms with Crippen molar-refractivity contribution in [3.05, 3.63) is 46.6 Å². The van der Waals surface area contributed by atoms with Gasteiger partial charge in [0.2, 0.25) is 0 Å². The van der Waals surface area contributed by atoms with Crippen molar-refractivity contribution >= 4 is 5.97 Å². The molecule has 5 heteroatoms. The summed E-state index contributed by atoms with van der Waals surface area (Å²) in [6.07, 6.45) is 1.33. The normalized spacial score (nSPS) is 10.3. The van der Waals surface area contributed by atoms with Gasteiger partial charge in [-0.2, -0.15) is 5.10 Å². The van der Waals surface area contributed by atoms with Crippen molar-refractivity contribution in [3.63, 3.8) is 0 Å². The van der Waals surface area contributed by atoms with Crippen LogP contribution in [-0.4, -0.2) is 21.3 Å². The first-order chi connectivity index (χ1) is 9.00. The fraction of sp³-hybridized carbons (Fsp3) is 0.214. The number of aromatic nitrogens is 2. The molecule has 0 unspecified atom stereocenters. The van der Waals surface area contributed by atoms with Crippen molar-refractivity contribution in [1.29, 1.82) is 0 Å². The lowest BCUT2D eigenvalue weighted by atomic mass is 10.1. The minimum atomic E-state index is -1.09. The van der Waals surface area contributed by atoms with Crippen molar-refractivity contribution < 1.29 is 14.6 Å². The third-order valence-corrected chi connectivity index (χ3v) is 2.99. The summed E-state index contributed by atoms with van der Waals surface area (Å²) in [5.74, 6) is -0.456. The minimum absolute atomic E-state index is 0.00435. The fourth-order valence-corrected chi connectivity index (χ4v) is 1.74. The van der Waals surface area contributed by atoms with Crippen LogP contribution in [-0.2, 0) is 0 Å². The maximum atomic E-state index is 11.1. The van der Waals surface area contributed by atoms with Gasteiger partial charge in [0.05, 0.1) is 6.20 Å². The van der Waals surface area contributed by atoms with Gasteiger partial charge in [0.1, 0.15) is 11.3 Å². The molecule has 19 heavy (non-hydrogen) atoms. The lowest BCUT2D eigenvalue weighted by Crippen LogP contribution is -2.04. The lowest BCUT2D eigenvalue weighted by Gasteiger charge is -2.13. The number of nitrogens with zero attached hydrogens (tertiary/aromatic N) is 2. The summed E-state index contributed by atoms with van der Waals surface area (Å²) in [5.41, 5.74) is 2.95. The zero-order valence-corrected chi connectivity index (χ0v) is 11.0. The van der Waals surface area contributed by atoms with Crippen LogP contribution in [0.15, 0.2) is 24.4 Å². The highest BCUT2D eigenvalue weighted by Crippen LogP contribution is 2.30. The molecule has 0 aliphatic carbocycles. The van der Waals surface area contributed by atoms with Gasteiger partial charge in [0.25, 0.3) is 5.88 Å². The highest BCUT2D eigenvalue weighted by molar-refractivity contribution is 5.90. The quantitative estimate of drug-likeness (QED) is 0.916. The van der Waals surface area contributed by atoms with Crippen LogP contribution in [0.5, 0.6) is 11.6 Å². The number of hydrogen-bond donors (Lipinski definition) is 1. The first-order valence-corrected chi connectivity index (χ1v) is 5.80. The Balaban J connectivity index is 2.48. The van der Waals surface area contributed by atoms with E-state index < -0.39 is 5.97 Å². The van der Waals surface area contributed by atoms with E-state index >= 15 is 0 Å². The summed E-state index contributed by atoms with van der Waals surface area (Å²) < 4.78 is 5.66. The van der Waals surface area contributed by atoms with Crippen LogP contribution in [0.3, 0.4) is 0 Å². The zero-order chi connectivity index (χ0) is 14.0. The maximum absolute atomic E-state index is 11.1. The Morgan fingerprint density at radius 3 is 2.53 bits per heavy atom. The van der Waals surface area contributed by atoms with Gasteiger partial charge < -0.3 is 9.84 Å². The van der Waals surface area contributed by atoms with E-state index in [0.29, 0.717) is 5.75 Å². The van der Waals surface area contributed by atoms with Crippen LogP contribution >= 0.6 is 0 Å². The predicted octanol–water partition coefficient (Wildman–Crippen LogP) is 2.89. The van der Waals surface area contributed by atoms with Crippen LogP contribution in [0.4, 0.5) is 0 Å². The van der Waals surface area contributed by atoms with E-state index in [4.69, 9.17) is 9.84 Å². The number of carboxylic acids is 1. The Labute approximate surface area is 110 Å². The van der Waals surface area contributed by atoms with Gasteiger partial charge in [-0.3, -0.25) is 0 Å². The van der Waals surface area contributed by atoms with Crippen molar-refractivity contribution in [2.75, 3.05) is 0 Å². The van der Waals surface area contributed by atoms with Gasteiger partial charge in [0, 0.05) is 0 Å². The van der Waals surface area contributed by atoms with E-state index in [9.17, 15) is 4.79 Å². The summed E-state index contributed by atoms with van der Waals surface area (Å²) in [5, 5.41) is 16.5. The largest absolute Gasteiger partial charge is 0.477 e. The molecule has 0 radical (unpaired) electrons. The van der Waals surface area contributed by atoms with Crippen molar-refractivity contribution in [1.82, 2.24) is 10.2 Å². The molecule has 1 heterocycles. The Hall–Kier alpha value is -2.43. The molecule has 1 aromatic heterocycles. The molecule has 2 aromatic rings. The third kappa shape index (κ3) is 2.54. The molecule has 98 valence electrons. The van der Waals surface area contributed by atoms with Crippen LogP contribution < -0.4 is 4.74 Å². The van der Waals surface area contributed by atoms with Gasteiger partial charge in [-0.1, -0.05) is 12.1 Å². The molecular weight excluding hydrogens is 244 g/mol. The Kier molecular flexibility index (Phi) is 3.46. The average Bonchev–Trinajstić information content (AvgIpc) is 2.39. The highest BCUT2D eigenvalue weighted by atomic mass is 16.5. The van der Waals surface area contributed by atoms with Crippen LogP contribution in [0.1, 0.15) is 27.0 Å². The number of benzene rings is 1. The number of ether oxygens (including phenoxy) is 1. The van der Waals surface area contributed by atoms with Gasteiger partial charge >= 0.3 is 5.97 Å². The van der Waals surface area contributed by atoms with Crippen molar-refractivity contribution in [3.8, 4) is 11.6 Å². The summed E-state index contributed by atoms with van der Waals surface area (Å²) in [6, 6.07) is 5.28. The molecule has 0 bridgehead atoms. The molecular formula is C14H14N2O3. The monoisotopic (exact) mass is 258 g/mol. The van der Waals surface area contributed by atoms with E-state index in [1.807, 2.05) is 32.9 Å². The summed E-state index contributed by atoms with van der Waals surface area (Å²) in [7, 11) is 0. The van der Waals surface area contributed by atoms with E-state index in [2.05, 4.69) is 10.2 Å². The molecule has 1 N–H and O–H groups in total. The summed E-state index contributed by atoms with van der Waals surface area (Å²) in [6.45, 7) is 5.80. The molecule has 0 aliphatic heterocycles. The number of hydrogen-bond acceptors (Lipinski definition) is 4. The number of carboxylic acid groups (broad SMARTS) is 1. The molecule has 2 rings (SSSR count). The van der Waals surface area contributed by atoms with Crippen LogP contribution in [0.2, 0.25) is 0 Å². The highest BCUT2D eigenvalue weighted by Gasteiger charge is 2.16. The molecule has 0 fully saturated rings. The fourth-order valence-electron chi connectivity index (χ4n) is 1.74. The first-order valence-electron chi connectivity index (χ1n) is 5.80. The van der Waals surface area contributed by atoms with Gasteiger partial charge in [-0.25, -0.2) is 4.79 Å². The second-order valence-corrected chi connectivity index (χ2v) is 4.31. The van der Waals surface area contributed by atoms with Crippen LogP contribution in [0.25, 0.3) is 0 Å². The van der Waals surface area contributed by atoms with E-state index in [1.165, 1.54) is 12.3 Å². The minimum Gasteiger partial charge on any atom is -0.477 e. The first kappa shape index (κ1) is 13.0. The van der Waals surface area contributed by atoms with Gasteiger partial charge in [-0.15, -0.1) is 5.10 Å². The lowest BCUT2D eigenvalue weighted by molar-refractivity contribution is 0.0693. The van der Waals surface area contributed by atoms with Gasteiger partial charge in [0.15, 0.2) is 0 Å². The average molecular weight is 258 g/mol. The number of rotatable bonds is 3. The predicted molar refractivity (Wildman–Crippen MR) is 69.7 cm³/mol. The molecule has 0 atom stereocenters. The Bertz CT molecular complexity index is 639. The van der Waals surface area contributed by atoms with Crippen LogP contribution in [0, 0.1) is 20.8 Å². The Morgan fingerprint density at radius 2 is 1.84 bits per heavy atom. The smallest absolute Gasteiger partial charge is 0.341 e. The standard InChI is InChI=1S/C14H14N2O3/c1-8-4-5-9(2)12(10(8)3)19-13-11(14(17)18)6-7-15-16-13/h4-7H,1-3H3,(H,17,18). The van der Waals surface area contributed by atoms with Gasteiger partial charge in [-0.05, 0) is 43.5 Å². The third-order valence-electron chi connectivity index (χ3n) is 2.99. The molecule has 0 saturated carbocycles. The summed E-state index contributed by atoms with van der Waals surface area (Å²) >= 11 is 0. The molecule has 0 spiro atoms. The molecule has 0 aliphatic rings. The number of aromatic carboxylic acids is 1. The number of aryl methyl sites for hydroxylation is 2. The SMILES string of the molecule is Cc1ccc(C)c(Oc2nnccc2C(=O)O)c1C. The van der Waals surface area contributed by atoms with E-state index in [-0.39, 0.29) is 11.4 Å². The summed E-state index contributed by atoms with van der Waals surface area (Å²) in [4.78, 5) is 11.1. The second-order valence-electron chi connectivity index (χ2n) is 4.31. The molecule has 5 nitrogen and oxygen atoms in total. The van der Waals surface area contributed by atoms with Crippen molar-refractivity contribution in [2.45, 2.75) is 20.8 Å². The van der Waals surface area contributed by atoms with Crippen molar-refractivity contribution in [2.24, 2.45) is 0 Å². The maximum Gasteiger partial charge on any atom is 0.341 e. The Morgan fingerprint density at radius 1 is 1.16 bits per heavy atom.